The summed E-state index contributed by atoms with van der Waals surface area (Å²) in [5.41, 5.74) is -0.594. The Morgan fingerprint density at radius 2 is 1.87 bits per heavy atom. The van der Waals surface area contributed by atoms with Gasteiger partial charge < -0.3 is 15.3 Å². The van der Waals surface area contributed by atoms with Crippen LogP contribution in [-0.2, 0) is 9.59 Å². The molecule has 0 bridgehead atoms. The summed E-state index contributed by atoms with van der Waals surface area (Å²) in [6.07, 6.45) is 1.01. The quantitative estimate of drug-likeness (QED) is 0.869. The van der Waals surface area contributed by atoms with Crippen LogP contribution in [0.5, 0.6) is 0 Å². The Hall–Kier alpha value is -2.02. The predicted molar refractivity (Wildman–Crippen MR) is 79.8 cm³/mol. The fraction of sp³-hybridized carbons (Fsp3) is 0.500. The van der Waals surface area contributed by atoms with Crippen LogP contribution in [0.3, 0.4) is 0 Å². The van der Waals surface area contributed by atoms with Gasteiger partial charge in [-0.3, -0.25) is 9.59 Å². The normalized spacial score (nSPS) is 20.6. The van der Waals surface area contributed by atoms with Crippen LogP contribution in [0.4, 0.5) is 8.78 Å². The maximum atomic E-state index is 13.5. The maximum Gasteiger partial charge on any atom is 0.323 e. The van der Waals surface area contributed by atoms with Gasteiger partial charge in [-0.05, 0) is 30.5 Å². The number of hydrogen-bond acceptors (Lipinski definition) is 3. The highest BCUT2D eigenvalue weighted by molar-refractivity contribution is 5.90. The van der Waals surface area contributed by atoms with E-state index in [1.54, 1.807) is 0 Å². The van der Waals surface area contributed by atoms with Crippen LogP contribution in [0.1, 0.15) is 38.3 Å². The first-order valence-electron chi connectivity index (χ1n) is 7.57. The van der Waals surface area contributed by atoms with E-state index in [-0.39, 0.29) is 18.0 Å². The Morgan fingerprint density at radius 3 is 2.35 bits per heavy atom. The molecule has 0 radical (unpaired) electrons. The number of carboxylic acids is 1. The van der Waals surface area contributed by atoms with Gasteiger partial charge in [0.2, 0.25) is 5.91 Å². The number of hydrogen-bond donors (Lipinski definition) is 2. The minimum Gasteiger partial charge on any atom is -0.480 e. The summed E-state index contributed by atoms with van der Waals surface area (Å²) in [5, 5.41) is 12.3. The van der Waals surface area contributed by atoms with E-state index < -0.39 is 35.7 Å². The number of aliphatic carboxylic acids is 1. The van der Waals surface area contributed by atoms with E-state index in [0.717, 1.165) is 18.2 Å². The lowest BCUT2D eigenvalue weighted by atomic mass is 9.86. The smallest absolute Gasteiger partial charge is 0.323 e. The topological polar surface area (TPSA) is 69.6 Å². The van der Waals surface area contributed by atoms with E-state index in [9.17, 15) is 18.4 Å². The van der Waals surface area contributed by atoms with Crippen LogP contribution in [-0.4, -0.2) is 40.5 Å². The highest BCUT2D eigenvalue weighted by atomic mass is 19.1. The van der Waals surface area contributed by atoms with Gasteiger partial charge in [-0.1, -0.05) is 13.8 Å². The Balaban J connectivity index is 2.42. The molecule has 0 unspecified atom stereocenters. The highest BCUT2D eigenvalue weighted by Gasteiger charge is 2.45. The number of carboxylic acid groups (broad SMARTS) is 1. The maximum absolute atomic E-state index is 13.5. The van der Waals surface area contributed by atoms with E-state index in [1.807, 2.05) is 13.8 Å². The summed E-state index contributed by atoms with van der Waals surface area (Å²) in [4.78, 5) is 25.2. The van der Waals surface area contributed by atoms with E-state index in [1.165, 1.54) is 4.90 Å². The van der Waals surface area contributed by atoms with Crippen molar-refractivity contribution in [2.24, 2.45) is 0 Å². The number of nitrogens with zero attached hydrogens (tertiary/aromatic N) is 1. The number of amides is 1. The Kier molecular flexibility index (Phi) is 4.99. The molecule has 2 rings (SSSR count). The van der Waals surface area contributed by atoms with E-state index in [4.69, 9.17) is 5.11 Å². The lowest BCUT2D eigenvalue weighted by Crippen LogP contribution is -2.65. The van der Waals surface area contributed by atoms with Gasteiger partial charge in [-0.15, -0.1) is 0 Å². The average molecular weight is 326 g/mol. The van der Waals surface area contributed by atoms with Crippen molar-refractivity contribution >= 4 is 11.9 Å². The molecule has 0 aromatic heterocycles. The fourth-order valence-corrected chi connectivity index (χ4v) is 3.09. The molecule has 1 heterocycles. The lowest BCUT2D eigenvalue weighted by molar-refractivity contribution is -0.153. The monoisotopic (exact) mass is 326 g/mol. The second-order valence-corrected chi connectivity index (χ2v) is 5.72. The zero-order chi connectivity index (χ0) is 17.2. The Labute approximate surface area is 133 Å². The predicted octanol–water partition coefficient (Wildman–Crippen LogP) is 2.08. The van der Waals surface area contributed by atoms with E-state index in [0.29, 0.717) is 12.8 Å². The molecule has 1 saturated heterocycles. The summed E-state index contributed by atoms with van der Waals surface area (Å²) < 4.78 is 26.9. The highest BCUT2D eigenvalue weighted by Crippen LogP contribution is 2.32. The molecular weight excluding hydrogens is 306 g/mol. The second kappa shape index (κ2) is 6.62. The van der Waals surface area contributed by atoms with E-state index >= 15 is 0 Å². The standard InChI is InChI=1S/C16H20F2N2O3/c1-3-16(4-2)15(23)20(9-14(21)22)13(8-19-16)10-5-11(17)7-12(18)6-10/h5-7,13,19H,3-4,8-9H2,1-2H3,(H,21,22)/t13-/m1/s1. The third-order valence-electron chi connectivity index (χ3n) is 4.46. The van der Waals surface area contributed by atoms with Crippen molar-refractivity contribution in [3.63, 3.8) is 0 Å². The van der Waals surface area contributed by atoms with Crippen molar-refractivity contribution in [2.75, 3.05) is 13.1 Å². The molecule has 0 spiro atoms. The lowest BCUT2D eigenvalue weighted by Gasteiger charge is -2.46. The van der Waals surface area contributed by atoms with Gasteiger partial charge in [0.25, 0.3) is 0 Å². The molecule has 1 aliphatic rings. The number of piperazine rings is 1. The van der Waals surface area contributed by atoms with Crippen molar-refractivity contribution in [3.8, 4) is 0 Å². The first kappa shape index (κ1) is 17.3. The minimum atomic E-state index is -1.16. The summed E-state index contributed by atoms with van der Waals surface area (Å²) in [6, 6.07) is 2.27. The number of halogens is 2. The molecule has 1 aromatic rings. The van der Waals surface area contributed by atoms with Crippen molar-refractivity contribution in [1.82, 2.24) is 10.2 Å². The molecule has 1 aliphatic heterocycles. The summed E-state index contributed by atoms with van der Waals surface area (Å²) >= 11 is 0. The summed E-state index contributed by atoms with van der Waals surface area (Å²) in [6.45, 7) is 3.42. The largest absolute Gasteiger partial charge is 0.480 e. The molecule has 5 nitrogen and oxygen atoms in total. The Bertz CT molecular complexity index is 597. The molecule has 0 aliphatic carbocycles. The van der Waals surface area contributed by atoms with Crippen molar-refractivity contribution in [1.29, 1.82) is 0 Å². The van der Waals surface area contributed by atoms with Gasteiger partial charge in [0.05, 0.1) is 11.6 Å². The number of carbonyl (C=O) groups is 2. The molecule has 0 saturated carbocycles. The molecule has 1 fully saturated rings. The van der Waals surface area contributed by atoms with Crippen LogP contribution >= 0.6 is 0 Å². The zero-order valence-electron chi connectivity index (χ0n) is 13.1. The van der Waals surface area contributed by atoms with Gasteiger partial charge >= 0.3 is 5.97 Å². The summed E-state index contributed by atoms with van der Waals surface area (Å²) in [5.74, 6) is -3.04. The molecule has 7 heteroatoms. The first-order valence-corrected chi connectivity index (χ1v) is 7.57. The summed E-state index contributed by atoms with van der Waals surface area (Å²) in [7, 11) is 0. The van der Waals surface area contributed by atoms with Crippen LogP contribution in [0.15, 0.2) is 18.2 Å². The minimum absolute atomic E-state index is 0.240. The van der Waals surface area contributed by atoms with Crippen LogP contribution < -0.4 is 5.32 Å². The van der Waals surface area contributed by atoms with Crippen molar-refractivity contribution in [3.05, 3.63) is 35.4 Å². The SMILES string of the molecule is CCC1(CC)NC[C@H](c2cc(F)cc(F)c2)N(CC(=O)O)C1=O. The van der Waals surface area contributed by atoms with Crippen LogP contribution in [0.2, 0.25) is 0 Å². The van der Waals surface area contributed by atoms with Gasteiger partial charge in [0.1, 0.15) is 18.2 Å². The average Bonchev–Trinajstić information content (AvgIpc) is 2.48. The zero-order valence-corrected chi connectivity index (χ0v) is 13.1. The van der Waals surface area contributed by atoms with Crippen LogP contribution in [0.25, 0.3) is 0 Å². The van der Waals surface area contributed by atoms with Crippen LogP contribution in [0, 0.1) is 11.6 Å². The van der Waals surface area contributed by atoms with Crippen molar-refractivity contribution < 1.29 is 23.5 Å². The molecule has 1 amide bonds. The molecule has 126 valence electrons. The third-order valence-corrected chi connectivity index (χ3v) is 4.46. The second-order valence-electron chi connectivity index (χ2n) is 5.72. The number of rotatable bonds is 5. The number of benzene rings is 1. The first-order chi connectivity index (χ1) is 10.8. The third kappa shape index (κ3) is 3.34. The molecule has 2 N–H and O–H groups in total. The van der Waals surface area contributed by atoms with Gasteiger partial charge in [-0.2, -0.15) is 0 Å². The number of carbonyl (C=O) groups excluding carboxylic acids is 1. The fourth-order valence-electron chi connectivity index (χ4n) is 3.09. The Morgan fingerprint density at radius 1 is 1.30 bits per heavy atom. The van der Waals surface area contributed by atoms with Crippen molar-refractivity contribution in [2.45, 2.75) is 38.3 Å². The number of nitrogens with one attached hydrogen (secondary N) is 1. The van der Waals surface area contributed by atoms with Gasteiger partial charge in [0.15, 0.2) is 0 Å². The molecule has 1 atom stereocenters. The molecular formula is C16H20F2N2O3. The van der Waals surface area contributed by atoms with Gasteiger partial charge in [-0.25, -0.2) is 8.78 Å². The molecule has 23 heavy (non-hydrogen) atoms. The van der Waals surface area contributed by atoms with E-state index in [2.05, 4.69) is 5.32 Å². The molecule has 1 aromatic carbocycles. The van der Waals surface area contributed by atoms with Gasteiger partial charge in [0, 0.05) is 12.6 Å².